The Bertz CT molecular complexity index is 2940. The van der Waals surface area contributed by atoms with Crippen molar-refractivity contribution in [2.75, 3.05) is 0 Å². The first kappa shape index (κ1) is 35.3. The van der Waals surface area contributed by atoms with Crippen LogP contribution in [-0.4, -0.2) is 9.13 Å². The molecule has 0 atom stereocenters. The largest absolute Gasteiger partial charge is 0.309 e. The van der Waals surface area contributed by atoms with E-state index in [0.29, 0.717) is 0 Å². The zero-order valence-corrected chi connectivity index (χ0v) is 35.4. The maximum Gasteiger partial charge on any atom is 0.0544 e. The van der Waals surface area contributed by atoms with Gasteiger partial charge in [0.05, 0.1) is 22.1 Å². The second-order valence-electron chi connectivity index (χ2n) is 20.4. The van der Waals surface area contributed by atoms with Crippen LogP contribution in [0.2, 0.25) is 0 Å². The van der Waals surface area contributed by atoms with Gasteiger partial charge in [-0.3, -0.25) is 0 Å². The van der Waals surface area contributed by atoms with Crippen LogP contribution < -0.4 is 0 Å². The minimum Gasteiger partial charge on any atom is -0.309 e. The average molecular weight is 733 g/mol. The molecule has 0 aliphatic heterocycles. The quantitative estimate of drug-likeness (QED) is 0.171. The zero-order valence-electron chi connectivity index (χ0n) is 35.4. The summed E-state index contributed by atoms with van der Waals surface area (Å²) < 4.78 is 4.99. The van der Waals surface area contributed by atoms with Gasteiger partial charge in [0.25, 0.3) is 0 Å². The Hall–Kier alpha value is -5.08. The number of rotatable bonds is 3. The summed E-state index contributed by atoms with van der Waals surface area (Å²) >= 11 is 0. The van der Waals surface area contributed by atoms with E-state index in [-0.39, 0.29) is 32.5 Å². The third-order valence-electron chi connectivity index (χ3n) is 17.1. The molecule has 2 aliphatic rings. The molecule has 282 valence electrons. The summed E-state index contributed by atoms with van der Waals surface area (Å²) in [4.78, 5) is 0. The smallest absolute Gasteiger partial charge is 0.0544 e. The van der Waals surface area contributed by atoms with Gasteiger partial charge in [-0.25, -0.2) is 0 Å². The molecule has 2 heteroatoms. The molecular weight excluding hydrogens is 677 g/mol. The van der Waals surface area contributed by atoms with Gasteiger partial charge in [-0.2, -0.15) is 0 Å². The normalized spacial score (nSPS) is 19.6. The van der Waals surface area contributed by atoms with Crippen LogP contribution in [0.5, 0.6) is 0 Å². The topological polar surface area (TPSA) is 9.86 Å². The second-order valence-corrected chi connectivity index (χ2v) is 20.4. The third kappa shape index (κ3) is 4.08. The number of hydrogen-bond acceptors (Lipinski definition) is 0. The Morgan fingerprint density at radius 1 is 0.339 bits per heavy atom. The fourth-order valence-corrected chi connectivity index (χ4v) is 11.3. The summed E-state index contributed by atoms with van der Waals surface area (Å²) in [6.45, 7) is 29.5. The van der Waals surface area contributed by atoms with Crippen LogP contribution in [0.25, 0.3) is 66.1 Å². The van der Waals surface area contributed by atoms with Crippen molar-refractivity contribution >= 4 is 43.6 Å². The van der Waals surface area contributed by atoms with Crippen LogP contribution >= 0.6 is 0 Å². The monoisotopic (exact) mass is 732 g/mol. The fraction of sp³-hybridized carbons (Fsp3) is 0.333. The lowest BCUT2D eigenvalue weighted by atomic mass is 9.59. The molecule has 56 heavy (non-hydrogen) atoms. The van der Waals surface area contributed by atoms with E-state index < -0.39 is 0 Å². The fourth-order valence-electron chi connectivity index (χ4n) is 11.3. The van der Waals surface area contributed by atoms with Crippen LogP contribution in [0.4, 0.5) is 0 Å². The maximum absolute atomic E-state index is 2.55. The van der Waals surface area contributed by atoms with Gasteiger partial charge in [-0.15, -0.1) is 0 Å². The minimum absolute atomic E-state index is 0.0218. The van der Waals surface area contributed by atoms with E-state index in [2.05, 4.69) is 214 Å². The van der Waals surface area contributed by atoms with E-state index in [1.807, 2.05) is 0 Å². The van der Waals surface area contributed by atoms with Crippen LogP contribution in [0.3, 0.4) is 0 Å². The molecule has 2 aromatic heterocycles. The van der Waals surface area contributed by atoms with E-state index in [9.17, 15) is 0 Å². The molecule has 0 unspecified atom stereocenters. The van der Waals surface area contributed by atoms with Gasteiger partial charge in [0.15, 0.2) is 0 Å². The van der Waals surface area contributed by atoms with Gasteiger partial charge >= 0.3 is 0 Å². The predicted octanol–water partition coefficient (Wildman–Crippen LogP) is 14.7. The van der Waals surface area contributed by atoms with Crippen LogP contribution in [-0.2, 0) is 21.7 Å². The first-order valence-electron chi connectivity index (χ1n) is 20.7. The lowest BCUT2D eigenvalue weighted by molar-refractivity contribution is 0.125. The first-order valence-corrected chi connectivity index (χ1v) is 20.7. The lowest BCUT2D eigenvalue weighted by Gasteiger charge is -2.44. The summed E-state index contributed by atoms with van der Waals surface area (Å²) in [7, 11) is 0. The predicted molar refractivity (Wildman–Crippen MR) is 240 cm³/mol. The highest BCUT2D eigenvalue weighted by molar-refractivity contribution is 6.14. The Morgan fingerprint density at radius 3 is 1.34 bits per heavy atom. The van der Waals surface area contributed by atoms with Crippen LogP contribution in [0, 0.1) is 10.8 Å². The van der Waals surface area contributed by atoms with E-state index in [1.54, 1.807) is 0 Å². The molecule has 0 N–H and O–H groups in total. The molecular formula is C54H56N2. The molecule has 10 rings (SSSR count). The highest BCUT2D eigenvalue weighted by atomic mass is 15.0. The summed E-state index contributed by atoms with van der Waals surface area (Å²) in [6, 6.07) is 46.2. The van der Waals surface area contributed by atoms with Gasteiger partial charge in [-0.1, -0.05) is 138 Å². The number of benzene rings is 6. The van der Waals surface area contributed by atoms with Crippen molar-refractivity contribution in [3.63, 3.8) is 0 Å². The SMILES string of the molecule is CC1(C)c2cc3c4cc(-c5ccc6c(c5)c5c7c(ccc5n6-c5ccccc5)C(C)(C)C(C)(C)C7(C)C)ccc4n(-c4ccccc4)c3cc2C(C)(C)C1(C)C. The average Bonchev–Trinajstić information content (AvgIpc) is 3.74. The molecule has 0 amide bonds. The van der Waals surface area contributed by atoms with Crippen molar-refractivity contribution in [2.24, 2.45) is 10.8 Å². The van der Waals surface area contributed by atoms with Crippen molar-refractivity contribution in [1.29, 1.82) is 0 Å². The van der Waals surface area contributed by atoms with Gasteiger partial charge < -0.3 is 9.13 Å². The molecule has 2 heterocycles. The summed E-state index contributed by atoms with van der Waals surface area (Å²) in [6.07, 6.45) is 0. The van der Waals surface area contributed by atoms with Gasteiger partial charge in [0.1, 0.15) is 0 Å². The number of hydrogen-bond donors (Lipinski definition) is 0. The molecule has 0 saturated carbocycles. The summed E-state index contributed by atoms with van der Waals surface area (Å²) in [5, 5.41) is 5.36. The van der Waals surface area contributed by atoms with Crippen molar-refractivity contribution < 1.29 is 0 Å². The molecule has 0 saturated heterocycles. The molecule has 2 nitrogen and oxygen atoms in total. The highest BCUT2D eigenvalue weighted by Gasteiger charge is 2.58. The van der Waals surface area contributed by atoms with Crippen molar-refractivity contribution in [2.45, 2.75) is 105 Å². The van der Waals surface area contributed by atoms with Crippen molar-refractivity contribution in [3.8, 4) is 22.5 Å². The maximum atomic E-state index is 2.55. The molecule has 0 radical (unpaired) electrons. The Balaban J connectivity index is 1.27. The highest BCUT2D eigenvalue weighted by Crippen LogP contribution is 2.64. The third-order valence-corrected chi connectivity index (χ3v) is 17.1. The van der Waals surface area contributed by atoms with E-state index in [0.717, 1.165) is 0 Å². The molecule has 0 bridgehead atoms. The van der Waals surface area contributed by atoms with Crippen LogP contribution in [0.15, 0.2) is 121 Å². The standard InChI is InChI=1S/C54H56N2/c1-49(2)40-25-28-45-47(48(40)52(7,8)54(49,11)12)39-30-34(24-27-44(39)55(45)35-19-15-13-16-20-35)33-23-26-43-37(29-33)38-31-41-42(51(5,6)53(9,10)50(41,3)4)32-46(38)56(43)36-21-17-14-18-22-36/h13-32H,1-12H3. The number of nitrogens with zero attached hydrogens (tertiary/aromatic N) is 2. The summed E-state index contributed by atoms with van der Waals surface area (Å²) in [5.74, 6) is 0. The van der Waals surface area contributed by atoms with Crippen LogP contribution in [0.1, 0.15) is 105 Å². The second kappa shape index (κ2) is 10.9. The van der Waals surface area contributed by atoms with Gasteiger partial charge in [0, 0.05) is 32.9 Å². The first-order chi connectivity index (χ1) is 26.3. The molecule has 0 spiro atoms. The van der Waals surface area contributed by atoms with E-state index in [1.165, 1.54) is 88.4 Å². The molecule has 0 fully saturated rings. The number of para-hydroxylation sites is 2. The Morgan fingerprint density at radius 2 is 0.768 bits per heavy atom. The minimum atomic E-state index is -0.0352. The Kier molecular flexibility index (Phi) is 6.85. The van der Waals surface area contributed by atoms with E-state index >= 15 is 0 Å². The molecule has 6 aromatic carbocycles. The lowest BCUT2D eigenvalue weighted by Crippen LogP contribution is -2.42. The van der Waals surface area contributed by atoms with Crippen molar-refractivity contribution in [3.05, 3.63) is 144 Å². The van der Waals surface area contributed by atoms with Crippen molar-refractivity contribution in [1.82, 2.24) is 9.13 Å². The van der Waals surface area contributed by atoms with E-state index in [4.69, 9.17) is 0 Å². The summed E-state index contributed by atoms with van der Waals surface area (Å²) in [5.41, 5.74) is 16.1. The zero-order chi connectivity index (χ0) is 39.5. The molecule has 2 aliphatic carbocycles. The van der Waals surface area contributed by atoms with Gasteiger partial charge in [0.2, 0.25) is 0 Å². The molecule has 8 aromatic rings. The van der Waals surface area contributed by atoms with Gasteiger partial charge in [-0.05, 0) is 133 Å². The Labute approximate surface area is 333 Å². The number of fused-ring (bicyclic) bond motifs is 9. The number of aromatic nitrogens is 2.